The number of carbonyl (C=O) groups is 1. The molecule has 0 spiro atoms. The van der Waals surface area contributed by atoms with Gasteiger partial charge in [0.15, 0.2) is 11.5 Å². The molecular formula is C22H25N3O5. The summed E-state index contributed by atoms with van der Waals surface area (Å²) in [7, 11) is 4.62. The minimum atomic E-state index is -0.169. The highest BCUT2D eigenvalue weighted by Gasteiger charge is 2.15. The van der Waals surface area contributed by atoms with Gasteiger partial charge >= 0.3 is 0 Å². The van der Waals surface area contributed by atoms with Crippen molar-refractivity contribution >= 4 is 11.6 Å². The fraction of sp³-hybridized carbons (Fsp3) is 0.273. The van der Waals surface area contributed by atoms with Gasteiger partial charge in [-0.15, -0.1) is 0 Å². The van der Waals surface area contributed by atoms with E-state index in [1.807, 2.05) is 30.5 Å². The summed E-state index contributed by atoms with van der Waals surface area (Å²) in [5.74, 6) is 2.01. The average molecular weight is 411 g/mol. The van der Waals surface area contributed by atoms with E-state index in [1.54, 1.807) is 43.3 Å². The summed E-state index contributed by atoms with van der Waals surface area (Å²) in [4.78, 5) is 12.5. The number of carbonyl (C=O) groups excluding carboxylic acids is 1. The summed E-state index contributed by atoms with van der Waals surface area (Å²) in [6, 6.07) is 12.7. The van der Waals surface area contributed by atoms with Crippen LogP contribution in [0.5, 0.6) is 23.0 Å². The lowest BCUT2D eigenvalue weighted by molar-refractivity contribution is -0.115. The first-order chi connectivity index (χ1) is 14.6. The van der Waals surface area contributed by atoms with Gasteiger partial charge in [-0.25, -0.2) is 0 Å². The lowest BCUT2D eigenvalue weighted by atomic mass is 10.1. The van der Waals surface area contributed by atoms with Crippen molar-refractivity contribution in [1.29, 1.82) is 0 Å². The molecule has 3 rings (SSSR count). The van der Waals surface area contributed by atoms with Crippen molar-refractivity contribution in [3.8, 4) is 23.0 Å². The molecule has 8 nitrogen and oxygen atoms in total. The average Bonchev–Trinajstić information content (AvgIpc) is 3.26. The molecular weight excluding hydrogens is 386 g/mol. The molecule has 0 radical (unpaired) electrons. The molecule has 1 amide bonds. The Bertz CT molecular complexity index is 948. The van der Waals surface area contributed by atoms with Crippen molar-refractivity contribution in [2.75, 3.05) is 33.3 Å². The first-order valence-corrected chi connectivity index (χ1v) is 9.42. The highest BCUT2D eigenvalue weighted by atomic mass is 16.5. The zero-order valence-corrected chi connectivity index (χ0v) is 17.3. The van der Waals surface area contributed by atoms with Crippen LogP contribution in [0, 0.1) is 0 Å². The lowest BCUT2D eigenvalue weighted by Gasteiger charge is -2.14. The second-order valence-electron chi connectivity index (χ2n) is 6.40. The smallest absolute Gasteiger partial charge is 0.228 e. The Morgan fingerprint density at radius 2 is 1.80 bits per heavy atom. The minimum Gasteiger partial charge on any atom is -0.493 e. The van der Waals surface area contributed by atoms with Gasteiger partial charge in [0.25, 0.3) is 0 Å². The normalized spacial score (nSPS) is 10.4. The fourth-order valence-electron chi connectivity index (χ4n) is 2.98. The Labute approximate surface area is 175 Å². The van der Waals surface area contributed by atoms with E-state index in [0.29, 0.717) is 41.8 Å². The van der Waals surface area contributed by atoms with E-state index in [4.69, 9.17) is 18.9 Å². The number of anilines is 1. The molecule has 0 bridgehead atoms. The maximum absolute atomic E-state index is 12.5. The van der Waals surface area contributed by atoms with Gasteiger partial charge in [0, 0.05) is 24.1 Å². The third-order valence-electron chi connectivity index (χ3n) is 4.36. The van der Waals surface area contributed by atoms with E-state index in [-0.39, 0.29) is 12.3 Å². The van der Waals surface area contributed by atoms with Crippen LogP contribution < -0.4 is 24.3 Å². The summed E-state index contributed by atoms with van der Waals surface area (Å²) >= 11 is 0. The topological polar surface area (TPSA) is 83.8 Å². The van der Waals surface area contributed by atoms with Gasteiger partial charge in [-0.1, -0.05) is 6.07 Å². The van der Waals surface area contributed by atoms with Crippen molar-refractivity contribution in [2.45, 2.75) is 13.0 Å². The molecule has 1 N–H and O–H groups in total. The van der Waals surface area contributed by atoms with Crippen LogP contribution in [0.25, 0.3) is 0 Å². The largest absolute Gasteiger partial charge is 0.493 e. The van der Waals surface area contributed by atoms with Crippen molar-refractivity contribution in [1.82, 2.24) is 9.78 Å². The molecule has 2 aromatic carbocycles. The van der Waals surface area contributed by atoms with E-state index in [1.165, 1.54) is 7.11 Å². The van der Waals surface area contributed by atoms with Gasteiger partial charge in [-0.2, -0.15) is 5.10 Å². The molecule has 1 aromatic heterocycles. The van der Waals surface area contributed by atoms with Crippen LogP contribution in [0.4, 0.5) is 5.69 Å². The molecule has 158 valence electrons. The predicted molar refractivity (Wildman–Crippen MR) is 113 cm³/mol. The van der Waals surface area contributed by atoms with Gasteiger partial charge in [0.2, 0.25) is 11.7 Å². The number of ether oxygens (including phenoxy) is 4. The zero-order chi connectivity index (χ0) is 21.3. The van der Waals surface area contributed by atoms with Crippen LogP contribution in [0.3, 0.4) is 0 Å². The number of hydrogen-bond donors (Lipinski definition) is 1. The van der Waals surface area contributed by atoms with Gasteiger partial charge in [0.1, 0.15) is 12.4 Å². The third-order valence-corrected chi connectivity index (χ3v) is 4.36. The third kappa shape index (κ3) is 5.44. The number of nitrogens with one attached hydrogen (secondary N) is 1. The molecule has 0 saturated carbocycles. The summed E-state index contributed by atoms with van der Waals surface area (Å²) in [6.07, 6.45) is 3.76. The number of amides is 1. The molecule has 0 aliphatic carbocycles. The monoisotopic (exact) mass is 411 g/mol. The molecule has 1 heterocycles. The Kier molecular flexibility index (Phi) is 7.15. The second-order valence-corrected chi connectivity index (χ2v) is 6.40. The van der Waals surface area contributed by atoms with Crippen molar-refractivity contribution in [3.05, 3.63) is 60.4 Å². The number of nitrogens with zero attached hydrogens (tertiary/aromatic N) is 2. The number of benzene rings is 2. The number of rotatable bonds is 10. The highest BCUT2D eigenvalue weighted by Crippen LogP contribution is 2.38. The Balaban J connectivity index is 1.60. The van der Waals surface area contributed by atoms with Gasteiger partial charge in [0.05, 0.1) is 34.3 Å². The van der Waals surface area contributed by atoms with E-state index < -0.39 is 0 Å². The summed E-state index contributed by atoms with van der Waals surface area (Å²) in [6.45, 7) is 1.12. The Morgan fingerprint density at radius 3 is 2.43 bits per heavy atom. The van der Waals surface area contributed by atoms with E-state index in [0.717, 1.165) is 5.56 Å². The zero-order valence-electron chi connectivity index (χ0n) is 17.3. The highest BCUT2D eigenvalue weighted by molar-refractivity contribution is 5.92. The standard InChI is InChI=1S/C22H25N3O5/c1-27-19-12-16(13-20(28-2)22(19)29-3)14-21(26)24-17-6-4-7-18(15-17)30-11-10-25-9-5-8-23-25/h4-9,12-13,15H,10-11,14H2,1-3H3,(H,24,26). The summed E-state index contributed by atoms with van der Waals surface area (Å²) < 4.78 is 23.5. The number of hydrogen-bond acceptors (Lipinski definition) is 6. The van der Waals surface area contributed by atoms with Crippen LogP contribution in [0.1, 0.15) is 5.56 Å². The summed E-state index contributed by atoms with van der Waals surface area (Å²) in [5.41, 5.74) is 1.40. The minimum absolute atomic E-state index is 0.154. The molecule has 0 saturated heterocycles. The van der Waals surface area contributed by atoms with Crippen LogP contribution in [-0.2, 0) is 17.8 Å². The van der Waals surface area contributed by atoms with Crippen molar-refractivity contribution in [2.24, 2.45) is 0 Å². The Hall–Kier alpha value is -3.68. The molecule has 3 aromatic rings. The molecule has 8 heteroatoms. The van der Waals surface area contributed by atoms with Crippen LogP contribution >= 0.6 is 0 Å². The molecule has 0 atom stereocenters. The molecule has 0 aliphatic heterocycles. The molecule has 0 unspecified atom stereocenters. The van der Waals surface area contributed by atoms with Crippen molar-refractivity contribution in [3.63, 3.8) is 0 Å². The van der Waals surface area contributed by atoms with E-state index in [9.17, 15) is 4.79 Å². The van der Waals surface area contributed by atoms with Crippen LogP contribution in [0.15, 0.2) is 54.9 Å². The van der Waals surface area contributed by atoms with Gasteiger partial charge in [-0.3, -0.25) is 9.48 Å². The number of aromatic nitrogens is 2. The van der Waals surface area contributed by atoms with Gasteiger partial charge in [-0.05, 0) is 35.9 Å². The van der Waals surface area contributed by atoms with Crippen LogP contribution in [0.2, 0.25) is 0 Å². The maximum Gasteiger partial charge on any atom is 0.228 e. The van der Waals surface area contributed by atoms with Gasteiger partial charge < -0.3 is 24.3 Å². The molecule has 0 fully saturated rings. The van der Waals surface area contributed by atoms with E-state index >= 15 is 0 Å². The Morgan fingerprint density at radius 1 is 1.03 bits per heavy atom. The first-order valence-electron chi connectivity index (χ1n) is 9.42. The fourth-order valence-corrected chi connectivity index (χ4v) is 2.98. The SMILES string of the molecule is COc1cc(CC(=O)Nc2cccc(OCCn3cccn3)c2)cc(OC)c1OC. The predicted octanol–water partition coefficient (Wildman–Crippen LogP) is 3.17. The quantitative estimate of drug-likeness (QED) is 0.552. The lowest BCUT2D eigenvalue weighted by Crippen LogP contribution is -2.15. The van der Waals surface area contributed by atoms with Crippen molar-refractivity contribution < 1.29 is 23.7 Å². The van der Waals surface area contributed by atoms with Crippen LogP contribution in [-0.4, -0.2) is 43.6 Å². The van der Waals surface area contributed by atoms with E-state index in [2.05, 4.69) is 10.4 Å². The second kappa shape index (κ2) is 10.2. The molecule has 0 aliphatic rings. The molecule has 30 heavy (non-hydrogen) atoms. The number of methoxy groups -OCH3 is 3. The first kappa shape index (κ1) is 21.0. The maximum atomic E-state index is 12.5. The summed E-state index contributed by atoms with van der Waals surface area (Å²) in [5, 5.41) is 7.02.